The van der Waals surface area contributed by atoms with Gasteiger partial charge in [-0.25, -0.2) is 0 Å². The van der Waals surface area contributed by atoms with Crippen LogP contribution < -0.4 is 0 Å². The molecular weight excluding hydrogens is 347 g/mol. The van der Waals surface area contributed by atoms with Crippen LogP contribution in [0.25, 0.3) is 0 Å². The third-order valence-electron chi connectivity index (χ3n) is 4.79. The van der Waals surface area contributed by atoms with Gasteiger partial charge in [0, 0.05) is 31.7 Å². The van der Waals surface area contributed by atoms with Crippen molar-refractivity contribution in [2.24, 2.45) is 0 Å². The van der Waals surface area contributed by atoms with Gasteiger partial charge in [0.1, 0.15) is 0 Å². The van der Waals surface area contributed by atoms with E-state index in [1.54, 1.807) is 17.0 Å². The summed E-state index contributed by atoms with van der Waals surface area (Å²) in [5.74, 6) is -0.197. The van der Waals surface area contributed by atoms with Crippen LogP contribution in [0.2, 0.25) is 10.0 Å². The molecule has 2 aliphatic heterocycles. The van der Waals surface area contributed by atoms with Crippen molar-refractivity contribution in [2.75, 3.05) is 26.2 Å². The number of rotatable bonds is 2. The number of piperidine rings is 2. The van der Waals surface area contributed by atoms with Gasteiger partial charge in [-0.3, -0.25) is 9.59 Å². The van der Waals surface area contributed by atoms with E-state index in [-0.39, 0.29) is 21.9 Å². The van der Waals surface area contributed by atoms with E-state index in [0.29, 0.717) is 11.1 Å². The largest absolute Gasteiger partial charge is 0.339 e. The lowest BCUT2D eigenvalue weighted by Crippen LogP contribution is -2.36. The van der Waals surface area contributed by atoms with Gasteiger partial charge in [-0.15, -0.1) is 0 Å². The predicted molar refractivity (Wildman–Crippen MR) is 96.0 cm³/mol. The molecule has 1 aromatic carbocycles. The number of hydrogen-bond acceptors (Lipinski definition) is 2. The summed E-state index contributed by atoms with van der Waals surface area (Å²) in [6, 6.07) is 3.17. The van der Waals surface area contributed by atoms with Crippen molar-refractivity contribution in [1.29, 1.82) is 0 Å². The van der Waals surface area contributed by atoms with E-state index in [0.717, 1.165) is 64.7 Å². The number of nitrogens with zero attached hydrogens (tertiary/aromatic N) is 2. The van der Waals surface area contributed by atoms with Crippen molar-refractivity contribution >= 4 is 35.0 Å². The topological polar surface area (TPSA) is 40.6 Å². The molecule has 0 radical (unpaired) electrons. The third-order valence-corrected chi connectivity index (χ3v) is 5.39. The van der Waals surface area contributed by atoms with Crippen LogP contribution >= 0.6 is 23.2 Å². The number of likely N-dealkylation sites (tertiary alicyclic amines) is 2. The molecule has 0 aromatic heterocycles. The minimum Gasteiger partial charge on any atom is -0.339 e. The highest BCUT2D eigenvalue weighted by Gasteiger charge is 2.26. The lowest BCUT2D eigenvalue weighted by molar-refractivity contribution is 0.0712. The second-order valence-electron chi connectivity index (χ2n) is 6.52. The van der Waals surface area contributed by atoms with Gasteiger partial charge < -0.3 is 9.80 Å². The molecule has 0 spiro atoms. The number of benzene rings is 1. The van der Waals surface area contributed by atoms with Crippen LogP contribution in [0.15, 0.2) is 12.1 Å². The number of amides is 2. The van der Waals surface area contributed by atoms with Crippen molar-refractivity contribution in [2.45, 2.75) is 38.5 Å². The molecule has 0 atom stereocenters. The Hall–Kier alpha value is -1.26. The minimum absolute atomic E-state index is 0.0597. The van der Waals surface area contributed by atoms with Crippen LogP contribution in [0.5, 0.6) is 0 Å². The lowest BCUT2D eigenvalue weighted by atomic mass is 10.1. The summed E-state index contributed by atoms with van der Waals surface area (Å²) in [5, 5.41) is 0.525. The third kappa shape index (κ3) is 3.70. The molecule has 24 heavy (non-hydrogen) atoms. The number of carbonyl (C=O) groups is 2. The van der Waals surface area contributed by atoms with E-state index in [9.17, 15) is 9.59 Å². The van der Waals surface area contributed by atoms with Crippen LogP contribution in [0.3, 0.4) is 0 Å². The van der Waals surface area contributed by atoms with Gasteiger partial charge in [0.25, 0.3) is 11.8 Å². The minimum atomic E-state index is -0.137. The standard InChI is InChI=1S/C18H22Cl2N2O2/c19-14-11-13(17(23)21-7-3-1-4-8-21)12-15(20)16(14)18(24)22-9-5-2-6-10-22/h11-12H,1-10H2. The molecule has 2 aliphatic rings. The van der Waals surface area contributed by atoms with Crippen LogP contribution in [0.1, 0.15) is 59.2 Å². The Morgan fingerprint density at radius 2 is 1.12 bits per heavy atom. The molecule has 0 unspecified atom stereocenters. The molecular formula is C18H22Cl2N2O2. The summed E-state index contributed by atoms with van der Waals surface area (Å²) >= 11 is 12.7. The monoisotopic (exact) mass is 368 g/mol. The highest BCUT2D eigenvalue weighted by atomic mass is 35.5. The molecule has 2 fully saturated rings. The Kier molecular flexibility index (Phi) is 5.67. The smallest absolute Gasteiger partial charge is 0.256 e. The average molecular weight is 369 g/mol. The van der Waals surface area contributed by atoms with Gasteiger partial charge in [0.15, 0.2) is 0 Å². The summed E-state index contributed by atoms with van der Waals surface area (Å²) in [4.78, 5) is 28.9. The maximum atomic E-state index is 12.7. The fourth-order valence-electron chi connectivity index (χ4n) is 3.44. The fourth-order valence-corrected chi connectivity index (χ4v) is 4.08. The molecule has 0 N–H and O–H groups in total. The van der Waals surface area contributed by atoms with Gasteiger partial charge in [-0.2, -0.15) is 0 Å². The SMILES string of the molecule is O=C(c1cc(Cl)c(C(=O)N2CCCCC2)c(Cl)c1)N1CCCCC1. The van der Waals surface area contributed by atoms with Crippen LogP contribution in [0.4, 0.5) is 0 Å². The van der Waals surface area contributed by atoms with Crippen molar-refractivity contribution in [3.8, 4) is 0 Å². The first kappa shape index (κ1) is 17.6. The molecule has 2 heterocycles. The number of halogens is 2. The van der Waals surface area contributed by atoms with E-state index in [1.165, 1.54) is 0 Å². The Morgan fingerprint density at radius 3 is 1.58 bits per heavy atom. The van der Waals surface area contributed by atoms with Gasteiger partial charge in [-0.05, 0) is 50.7 Å². The molecule has 2 saturated heterocycles. The molecule has 130 valence electrons. The first-order chi connectivity index (χ1) is 11.6. The Balaban J connectivity index is 1.82. The zero-order chi connectivity index (χ0) is 17.1. The summed E-state index contributed by atoms with van der Waals surface area (Å²) in [6.45, 7) is 3.00. The second-order valence-corrected chi connectivity index (χ2v) is 7.34. The Labute approximate surface area is 152 Å². The number of hydrogen-bond donors (Lipinski definition) is 0. The summed E-state index contributed by atoms with van der Waals surface area (Å²) in [7, 11) is 0. The number of carbonyl (C=O) groups excluding carboxylic acids is 2. The molecule has 1 aromatic rings. The quantitative estimate of drug-likeness (QED) is 0.782. The zero-order valence-electron chi connectivity index (χ0n) is 13.7. The van der Waals surface area contributed by atoms with E-state index in [4.69, 9.17) is 23.2 Å². The summed E-state index contributed by atoms with van der Waals surface area (Å²) in [5.41, 5.74) is 0.775. The molecule has 6 heteroatoms. The van der Waals surface area contributed by atoms with Crippen LogP contribution in [-0.2, 0) is 0 Å². The molecule has 2 amide bonds. The highest BCUT2D eigenvalue weighted by Crippen LogP contribution is 2.30. The second kappa shape index (κ2) is 7.75. The van der Waals surface area contributed by atoms with Crippen molar-refractivity contribution in [3.63, 3.8) is 0 Å². The molecule has 3 rings (SSSR count). The van der Waals surface area contributed by atoms with Crippen LogP contribution in [0, 0.1) is 0 Å². The first-order valence-electron chi connectivity index (χ1n) is 8.65. The fraction of sp³-hybridized carbons (Fsp3) is 0.556. The molecule has 0 aliphatic carbocycles. The van der Waals surface area contributed by atoms with E-state index in [1.807, 2.05) is 4.90 Å². The molecule has 0 saturated carbocycles. The van der Waals surface area contributed by atoms with Crippen molar-refractivity contribution in [1.82, 2.24) is 9.80 Å². The summed E-state index contributed by atoms with van der Waals surface area (Å²) in [6.07, 6.45) is 6.37. The average Bonchev–Trinajstić information content (AvgIpc) is 2.61. The van der Waals surface area contributed by atoms with Gasteiger partial charge in [0.05, 0.1) is 15.6 Å². The maximum absolute atomic E-state index is 12.7. The van der Waals surface area contributed by atoms with Crippen molar-refractivity contribution in [3.05, 3.63) is 33.3 Å². The lowest BCUT2D eigenvalue weighted by Gasteiger charge is -2.28. The Bertz CT molecular complexity index is 613. The van der Waals surface area contributed by atoms with E-state index in [2.05, 4.69) is 0 Å². The zero-order valence-corrected chi connectivity index (χ0v) is 15.2. The van der Waals surface area contributed by atoms with E-state index < -0.39 is 0 Å². The Morgan fingerprint density at radius 1 is 0.708 bits per heavy atom. The van der Waals surface area contributed by atoms with Gasteiger partial charge in [-0.1, -0.05) is 23.2 Å². The summed E-state index contributed by atoms with van der Waals surface area (Å²) < 4.78 is 0. The molecule has 4 nitrogen and oxygen atoms in total. The predicted octanol–water partition coefficient (Wildman–Crippen LogP) is 4.25. The van der Waals surface area contributed by atoms with Gasteiger partial charge >= 0.3 is 0 Å². The van der Waals surface area contributed by atoms with Crippen molar-refractivity contribution < 1.29 is 9.59 Å². The normalized spacial score (nSPS) is 18.6. The van der Waals surface area contributed by atoms with Crippen LogP contribution in [-0.4, -0.2) is 47.8 Å². The molecule has 0 bridgehead atoms. The maximum Gasteiger partial charge on any atom is 0.256 e. The van der Waals surface area contributed by atoms with E-state index >= 15 is 0 Å². The van der Waals surface area contributed by atoms with Gasteiger partial charge in [0.2, 0.25) is 0 Å². The highest BCUT2D eigenvalue weighted by molar-refractivity contribution is 6.40. The first-order valence-corrected chi connectivity index (χ1v) is 9.41.